The van der Waals surface area contributed by atoms with Crippen LogP contribution in [0.4, 0.5) is 0 Å². The van der Waals surface area contributed by atoms with Crippen LogP contribution in [0.1, 0.15) is 49.2 Å². The first-order chi connectivity index (χ1) is 17.6. The van der Waals surface area contributed by atoms with Gasteiger partial charge >= 0.3 is 0 Å². The van der Waals surface area contributed by atoms with Crippen molar-refractivity contribution in [1.29, 1.82) is 0 Å². The molecule has 2 saturated heterocycles. The smallest absolute Gasteiger partial charge is 0.252 e. The van der Waals surface area contributed by atoms with Gasteiger partial charge in [-0.25, -0.2) is 4.68 Å². The van der Waals surface area contributed by atoms with Crippen LogP contribution in [0.25, 0.3) is 10.9 Å². The number of benzene rings is 1. The lowest BCUT2D eigenvalue weighted by atomic mass is 10.1. The molecule has 1 aromatic carbocycles. The molecule has 0 bridgehead atoms. The van der Waals surface area contributed by atoms with Crippen molar-refractivity contribution in [3.8, 4) is 0 Å². The summed E-state index contributed by atoms with van der Waals surface area (Å²) in [6, 6.07) is 8.13. The highest BCUT2D eigenvalue weighted by molar-refractivity contribution is 5.79. The monoisotopic (exact) mass is 495 g/mol. The summed E-state index contributed by atoms with van der Waals surface area (Å²) in [6.45, 7) is 11.3. The quantitative estimate of drug-likeness (QED) is 0.457. The number of tetrazole rings is 1. The fourth-order valence-electron chi connectivity index (χ4n) is 5.31. The van der Waals surface area contributed by atoms with E-state index < -0.39 is 0 Å². The molecule has 10 nitrogen and oxygen atoms in total. The van der Waals surface area contributed by atoms with Crippen LogP contribution in [0.3, 0.4) is 0 Å². The van der Waals surface area contributed by atoms with E-state index >= 15 is 0 Å². The number of hydrogen-bond acceptors (Lipinski definition) is 8. The summed E-state index contributed by atoms with van der Waals surface area (Å²) in [5, 5.41) is 13.8. The number of ether oxygens (including phenoxy) is 2. The van der Waals surface area contributed by atoms with Crippen LogP contribution in [0.2, 0.25) is 0 Å². The van der Waals surface area contributed by atoms with Gasteiger partial charge in [0.2, 0.25) is 0 Å². The summed E-state index contributed by atoms with van der Waals surface area (Å²) in [5.74, 6) is 0.836. The molecule has 2 atom stereocenters. The number of pyridine rings is 1. The minimum absolute atomic E-state index is 0.0185. The van der Waals surface area contributed by atoms with Gasteiger partial charge in [0.15, 0.2) is 5.82 Å². The molecule has 0 saturated carbocycles. The van der Waals surface area contributed by atoms with Gasteiger partial charge in [0.1, 0.15) is 0 Å². The Labute approximate surface area is 211 Å². The van der Waals surface area contributed by atoms with E-state index in [9.17, 15) is 4.79 Å². The van der Waals surface area contributed by atoms with Gasteiger partial charge in [-0.15, -0.1) is 5.10 Å². The zero-order valence-corrected chi connectivity index (χ0v) is 21.4. The fraction of sp³-hybridized carbons (Fsp3) is 0.615. The number of nitrogens with zero attached hydrogens (tertiary/aromatic N) is 6. The number of hydrogen-bond donors (Lipinski definition) is 1. The standard InChI is InChI=1S/C26H37N7O3/c1-3-24(25-28-29-30-33(25)18-22-5-4-12-36-22)32(9-8-31-10-13-35-14-11-31)17-21-16-20-15-19(2)6-7-23(20)27-26(21)34/h6-7,15-16,22,24H,3-5,8-14,17-18H2,1-2H3,(H,27,34)/t22-,24-/m1/s1. The second kappa shape index (κ2) is 11.6. The van der Waals surface area contributed by atoms with Crippen molar-refractivity contribution in [2.24, 2.45) is 0 Å². The average molecular weight is 496 g/mol. The number of aryl methyl sites for hydroxylation is 1. The summed E-state index contributed by atoms with van der Waals surface area (Å²) in [6.07, 6.45) is 3.09. The summed E-state index contributed by atoms with van der Waals surface area (Å²) in [4.78, 5) is 20.9. The molecular formula is C26H37N7O3. The summed E-state index contributed by atoms with van der Waals surface area (Å²) >= 11 is 0. The van der Waals surface area contributed by atoms with Crippen LogP contribution in [-0.4, -0.2) is 87.1 Å². The highest BCUT2D eigenvalue weighted by atomic mass is 16.5. The van der Waals surface area contributed by atoms with E-state index in [1.54, 1.807) is 0 Å². The van der Waals surface area contributed by atoms with Crippen molar-refractivity contribution < 1.29 is 9.47 Å². The Balaban J connectivity index is 1.42. The predicted molar refractivity (Wildman–Crippen MR) is 137 cm³/mol. The molecule has 2 aromatic heterocycles. The molecule has 0 amide bonds. The van der Waals surface area contributed by atoms with Gasteiger partial charge in [-0.3, -0.25) is 14.6 Å². The lowest BCUT2D eigenvalue weighted by molar-refractivity contribution is 0.0289. The maximum Gasteiger partial charge on any atom is 0.252 e. The summed E-state index contributed by atoms with van der Waals surface area (Å²) < 4.78 is 13.3. The van der Waals surface area contributed by atoms with Gasteiger partial charge in [0, 0.05) is 50.4 Å². The van der Waals surface area contributed by atoms with E-state index in [0.717, 1.165) is 87.6 Å². The topological polar surface area (TPSA) is 101 Å². The van der Waals surface area contributed by atoms with E-state index in [1.807, 2.05) is 22.9 Å². The van der Waals surface area contributed by atoms with Crippen LogP contribution < -0.4 is 5.56 Å². The highest BCUT2D eigenvalue weighted by Gasteiger charge is 2.28. The Morgan fingerprint density at radius 2 is 2.08 bits per heavy atom. The van der Waals surface area contributed by atoms with Crippen LogP contribution in [-0.2, 0) is 22.6 Å². The lowest BCUT2D eigenvalue weighted by Gasteiger charge is -2.34. The zero-order valence-electron chi connectivity index (χ0n) is 21.4. The number of aromatic nitrogens is 5. The maximum atomic E-state index is 13.1. The van der Waals surface area contributed by atoms with E-state index in [-0.39, 0.29) is 17.7 Å². The molecule has 3 aromatic rings. The van der Waals surface area contributed by atoms with Crippen molar-refractivity contribution >= 4 is 10.9 Å². The summed E-state index contributed by atoms with van der Waals surface area (Å²) in [7, 11) is 0. The van der Waals surface area contributed by atoms with Gasteiger partial charge in [0.05, 0.1) is 31.9 Å². The molecule has 10 heteroatoms. The number of rotatable bonds is 10. The van der Waals surface area contributed by atoms with Crippen molar-refractivity contribution in [3.63, 3.8) is 0 Å². The number of morpholine rings is 1. The normalized spacial score (nSPS) is 19.9. The van der Waals surface area contributed by atoms with Gasteiger partial charge in [-0.2, -0.15) is 0 Å². The van der Waals surface area contributed by atoms with E-state index in [1.165, 1.54) is 5.56 Å². The first-order valence-corrected chi connectivity index (χ1v) is 13.1. The number of aromatic amines is 1. The molecule has 5 rings (SSSR count). The van der Waals surface area contributed by atoms with Crippen molar-refractivity contribution in [2.45, 2.75) is 58.3 Å². The second-order valence-electron chi connectivity index (χ2n) is 9.92. The predicted octanol–water partition coefficient (Wildman–Crippen LogP) is 2.29. The number of H-pyrrole nitrogens is 1. The first-order valence-electron chi connectivity index (χ1n) is 13.1. The Morgan fingerprint density at radius 3 is 2.86 bits per heavy atom. The lowest BCUT2D eigenvalue weighted by Crippen LogP contribution is -2.43. The molecule has 0 unspecified atom stereocenters. The Kier molecular flexibility index (Phi) is 8.05. The van der Waals surface area contributed by atoms with E-state index in [4.69, 9.17) is 9.47 Å². The van der Waals surface area contributed by atoms with Gasteiger partial charge in [0.25, 0.3) is 5.56 Å². The molecule has 194 valence electrons. The van der Waals surface area contributed by atoms with Crippen molar-refractivity contribution in [1.82, 2.24) is 35.0 Å². The van der Waals surface area contributed by atoms with Crippen LogP contribution in [0.5, 0.6) is 0 Å². The van der Waals surface area contributed by atoms with Crippen molar-refractivity contribution in [2.75, 3.05) is 46.0 Å². The van der Waals surface area contributed by atoms with Crippen molar-refractivity contribution in [3.05, 3.63) is 51.6 Å². The molecule has 4 heterocycles. The van der Waals surface area contributed by atoms with E-state index in [2.05, 4.69) is 50.2 Å². The third kappa shape index (κ3) is 5.83. The highest BCUT2D eigenvalue weighted by Crippen LogP contribution is 2.25. The molecule has 2 aliphatic heterocycles. The number of fused-ring (bicyclic) bond motifs is 1. The molecule has 0 spiro atoms. The molecule has 1 N–H and O–H groups in total. The minimum atomic E-state index is -0.0449. The largest absolute Gasteiger partial charge is 0.379 e. The Morgan fingerprint density at radius 1 is 1.22 bits per heavy atom. The SMILES string of the molecule is CC[C@H](c1nnnn1C[C@H]1CCCO1)N(CCN1CCOCC1)Cc1cc2cc(C)ccc2[nH]c1=O. The third-order valence-corrected chi connectivity index (χ3v) is 7.34. The molecule has 2 fully saturated rings. The Bertz CT molecular complexity index is 1200. The molecule has 36 heavy (non-hydrogen) atoms. The molecule has 0 aliphatic carbocycles. The second-order valence-corrected chi connectivity index (χ2v) is 9.92. The van der Waals surface area contributed by atoms with Gasteiger partial charge < -0.3 is 14.5 Å². The van der Waals surface area contributed by atoms with Crippen LogP contribution in [0.15, 0.2) is 29.1 Å². The fourth-order valence-corrected chi connectivity index (χ4v) is 5.31. The zero-order chi connectivity index (χ0) is 24.9. The third-order valence-electron chi connectivity index (χ3n) is 7.34. The van der Waals surface area contributed by atoms with Crippen LogP contribution >= 0.6 is 0 Å². The summed E-state index contributed by atoms with van der Waals surface area (Å²) in [5.41, 5.74) is 2.74. The maximum absolute atomic E-state index is 13.1. The van der Waals surface area contributed by atoms with Gasteiger partial charge in [-0.05, 0) is 60.2 Å². The van der Waals surface area contributed by atoms with Crippen LogP contribution in [0, 0.1) is 6.92 Å². The van der Waals surface area contributed by atoms with Gasteiger partial charge in [-0.1, -0.05) is 18.6 Å². The Hall–Kier alpha value is -2.66. The van der Waals surface area contributed by atoms with E-state index in [0.29, 0.717) is 13.1 Å². The first kappa shape index (κ1) is 25.0. The number of nitrogens with one attached hydrogen (secondary N) is 1. The molecular weight excluding hydrogens is 458 g/mol. The molecule has 0 radical (unpaired) electrons. The molecule has 2 aliphatic rings. The minimum Gasteiger partial charge on any atom is -0.379 e. The average Bonchev–Trinajstić information content (AvgIpc) is 3.57.